The molecule has 0 aliphatic heterocycles. The molecule has 0 unspecified atom stereocenters. The molecule has 0 amide bonds. The highest BCUT2D eigenvalue weighted by Gasteiger charge is 2.13. The van der Waals surface area contributed by atoms with Crippen LogP contribution in [0.5, 0.6) is 0 Å². The summed E-state index contributed by atoms with van der Waals surface area (Å²) in [6.45, 7) is 0. The van der Waals surface area contributed by atoms with E-state index < -0.39 is 11.1 Å². The van der Waals surface area contributed by atoms with Gasteiger partial charge < -0.3 is 10.9 Å². The summed E-state index contributed by atoms with van der Waals surface area (Å²) >= 11 is 0.944. The first-order chi connectivity index (χ1) is 9.52. The summed E-state index contributed by atoms with van der Waals surface area (Å²) in [5.41, 5.74) is 4.10. The van der Waals surface area contributed by atoms with E-state index in [2.05, 4.69) is 25.4 Å². The molecule has 11 heteroatoms. The molecule has 0 saturated heterocycles. The molecule has 10 nitrogen and oxygen atoms in total. The average molecular weight is 295 g/mol. The number of aromatic amines is 1. The topological polar surface area (TPSA) is 152 Å². The van der Waals surface area contributed by atoms with Crippen LogP contribution >= 0.6 is 11.8 Å². The highest BCUT2D eigenvalue weighted by Crippen LogP contribution is 2.24. The van der Waals surface area contributed by atoms with Gasteiger partial charge >= 0.3 is 11.1 Å². The summed E-state index contributed by atoms with van der Waals surface area (Å²) in [5.74, 6) is -0.156. The number of nitrogens with zero attached hydrogens (tertiary/aromatic N) is 5. The minimum absolute atomic E-state index is 0.156. The molecule has 2 rings (SSSR count). The van der Waals surface area contributed by atoms with Crippen molar-refractivity contribution in [1.82, 2.24) is 25.0 Å². The lowest BCUT2D eigenvalue weighted by molar-refractivity contribution is 0.318. The number of aryl methyl sites for hydroxylation is 1. The fourth-order valence-corrected chi connectivity index (χ4v) is 2.14. The maximum atomic E-state index is 11.3. The van der Waals surface area contributed by atoms with E-state index in [9.17, 15) is 9.59 Å². The van der Waals surface area contributed by atoms with Gasteiger partial charge in [0.05, 0.1) is 11.8 Å². The predicted molar refractivity (Wildman–Crippen MR) is 68.8 cm³/mol. The normalized spacial score (nSPS) is 11.6. The predicted octanol–water partition coefficient (Wildman–Crippen LogP) is -1.50. The second-order valence-electron chi connectivity index (χ2n) is 3.54. The number of nitrogens with two attached hydrogens (primary N) is 1. The summed E-state index contributed by atoms with van der Waals surface area (Å²) in [6, 6.07) is 1.49. The van der Waals surface area contributed by atoms with Crippen LogP contribution in [0.2, 0.25) is 0 Å². The molecule has 0 saturated carbocycles. The van der Waals surface area contributed by atoms with Crippen LogP contribution in [0.3, 0.4) is 0 Å². The van der Waals surface area contributed by atoms with Gasteiger partial charge in [-0.15, -0.1) is 5.10 Å². The SMILES string of the molecule is Cn1[nH]c(=O)c(=O)nc1Sc1nnccc1/C(N)=N/O. The molecule has 0 aliphatic carbocycles. The van der Waals surface area contributed by atoms with Gasteiger partial charge in [0.25, 0.3) is 0 Å². The van der Waals surface area contributed by atoms with Gasteiger partial charge in [-0.25, -0.2) is 0 Å². The van der Waals surface area contributed by atoms with Gasteiger partial charge in [0, 0.05) is 7.05 Å². The van der Waals surface area contributed by atoms with Crippen molar-refractivity contribution >= 4 is 17.6 Å². The molecule has 0 aliphatic rings. The molecule has 2 aromatic rings. The van der Waals surface area contributed by atoms with Crippen LogP contribution in [0, 0.1) is 0 Å². The van der Waals surface area contributed by atoms with Crippen LogP contribution in [0.25, 0.3) is 0 Å². The Bertz CT molecular complexity index is 782. The van der Waals surface area contributed by atoms with Crippen LogP contribution in [0.1, 0.15) is 5.56 Å². The summed E-state index contributed by atoms with van der Waals surface area (Å²) in [7, 11) is 1.51. The fraction of sp³-hybridized carbons (Fsp3) is 0.111. The number of oxime groups is 1. The second-order valence-corrected chi connectivity index (χ2v) is 4.49. The van der Waals surface area contributed by atoms with Gasteiger partial charge in [-0.05, 0) is 17.8 Å². The smallest absolute Gasteiger partial charge is 0.339 e. The molecule has 0 bridgehead atoms. The number of rotatable bonds is 3. The van der Waals surface area contributed by atoms with E-state index in [1.54, 1.807) is 0 Å². The highest BCUT2D eigenvalue weighted by atomic mass is 32.2. The Hall–Kier alpha value is -2.69. The van der Waals surface area contributed by atoms with Crippen LogP contribution < -0.4 is 16.9 Å². The van der Waals surface area contributed by atoms with E-state index in [0.29, 0.717) is 5.56 Å². The Morgan fingerprint density at radius 1 is 1.55 bits per heavy atom. The van der Waals surface area contributed by atoms with E-state index >= 15 is 0 Å². The molecule has 4 N–H and O–H groups in total. The van der Waals surface area contributed by atoms with E-state index in [1.807, 2.05) is 0 Å². The molecule has 0 spiro atoms. The number of hydrogen-bond donors (Lipinski definition) is 3. The maximum absolute atomic E-state index is 11.3. The number of amidine groups is 1. The zero-order valence-corrected chi connectivity index (χ0v) is 11.0. The van der Waals surface area contributed by atoms with Gasteiger partial charge in [-0.3, -0.25) is 19.4 Å². The zero-order valence-electron chi connectivity index (χ0n) is 10.1. The molecule has 0 radical (unpaired) electrons. The molecule has 0 aromatic carbocycles. The number of hydrogen-bond acceptors (Lipinski definition) is 8. The molecule has 104 valence electrons. The summed E-state index contributed by atoms with van der Waals surface area (Å²) in [5, 5.41) is 21.8. The number of H-pyrrole nitrogens is 1. The molecule has 2 aromatic heterocycles. The minimum atomic E-state index is -0.917. The Balaban J connectivity index is 2.48. The van der Waals surface area contributed by atoms with Crippen molar-refractivity contribution in [3.63, 3.8) is 0 Å². The number of aromatic nitrogens is 5. The first kappa shape index (κ1) is 13.7. The average Bonchev–Trinajstić information content (AvgIpc) is 2.44. The molecular weight excluding hydrogens is 286 g/mol. The van der Waals surface area contributed by atoms with Crippen LogP contribution in [-0.2, 0) is 7.05 Å². The zero-order chi connectivity index (χ0) is 14.7. The number of nitrogens with one attached hydrogen (secondary N) is 1. The van der Waals surface area contributed by atoms with Gasteiger partial charge in [0.15, 0.2) is 11.0 Å². The molecule has 0 atom stereocenters. The van der Waals surface area contributed by atoms with Crippen LogP contribution in [0.15, 0.2) is 37.2 Å². The van der Waals surface area contributed by atoms with E-state index in [4.69, 9.17) is 10.9 Å². The third kappa shape index (κ3) is 2.66. The van der Waals surface area contributed by atoms with Gasteiger partial charge in [0.1, 0.15) is 5.03 Å². The highest BCUT2D eigenvalue weighted by molar-refractivity contribution is 7.99. The first-order valence-electron chi connectivity index (χ1n) is 5.17. The van der Waals surface area contributed by atoms with E-state index in [0.717, 1.165) is 11.8 Å². The van der Waals surface area contributed by atoms with Crippen LogP contribution in [-0.4, -0.2) is 36.0 Å². The Labute approximate surface area is 115 Å². The van der Waals surface area contributed by atoms with Crippen molar-refractivity contribution in [3.8, 4) is 0 Å². The maximum Gasteiger partial charge on any atom is 0.339 e. The Morgan fingerprint density at radius 3 is 3.00 bits per heavy atom. The molecule has 20 heavy (non-hydrogen) atoms. The monoisotopic (exact) mass is 295 g/mol. The van der Waals surface area contributed by atoms with E-state index in [-0.39, 0.29) is 16.0 Å². The Kier molecular flexibility index (Phi) is 3.79. The molecule has 0 fully saturated rings. The molecular formula is C9H9N7O3S. The quantitative estimate of drug-likeness (QED) is 0.203. The van der Waals surface area contributed by atoms with Gasteiger partial charge in [-0.2, -0.15) is 10.1 Å². The van der Waals surface area contributed by atoms with Gasteiger partial charge in [-0.1, -0.05) is 5.16 Å². The molecule has 2 heterocycles. The van der Waals surface area contributed by atoms with E-state index in [1.165, 1.54) is 24.0 Å². The van der Waals surface area contributed by atoms with Crippen molar-refractivity contribution < 1.29 is 5.21 Å². The minimum Gasteiger partial charge on any atom is -0.409 e. The summed E-state index contributed by atoms with van der Waals surface area (Å²) in [4.78, 5) is 26.0. The third-order valence-electron chi connectivity index (χ3n) is 2.21. The third-order valence-corrected chi connectivity index (χ3v) is 3.25. The summed E-state index contributed by atoms with van der Waals surface area (Å²) < 4.78 is 1.26. The van der Waals surface area contributed by atoms with Gasteiger partial charge in [0.2, 0.25) is 0 Å². The second kappa shape index (κ2) is 5.52. The standard InChI is InChI=1S/C9H9N7O3S/c1-16-9(12-6(17)7(18)14-16)20-8-4(5(10)15-19)2-3-11-13-8/h2-3,19H,1H3,(H2,10,15)(H,14,18). The van der Waals surface area contributed by atoms with Crippen molar-refractivity contribution in [2.75, 3.05) is 0 Å². The lowest BCUT2D eigenvalue weighted by Crippen LogP contribution is -2.33. The largest absolute Gasteiger partial charge is 0.409 e. The summed E-state index contributed by atoms with van der Waals surface area (Å²) in [6.07, 6.45) is 1.37. The van der Waals surface area contributed by atoms with Crippen LogP contribution in [0.4, 0.5) is 0 Å². The first-order valence-corrected chi connectivity index (χ1v) is 5.99. The van der Waals surface area contributed by atoms with Crippen molar-refractivity contribution in [1.29, 1.82) is 0 Å². The Morgan fingerprint density at radius 2 is 2.30 bits per heavy atom. The van der Waals surface area contributed by atoms with Crippen molar-refractivity contribution in [2.24, 2.45) is 17.9 Å². The van der Waals surface area contributed by atoms with Crippen molar-refractivity contribution in [2.45, 2.75) is 10.2 Å². The fourth-order valence-electron chi connectivity index (χ4n) is 1.28. The lowest BCUT2D eigenvalue weighted by atomic mass is 10.3. The lowest BCUT2D eigenvalue weighted by Gasteiger charge is -2.07. The van der Waals surface area contributed by atoms with Crippen molar-refractivity contribution in [3.05, 3.63) is 38.5 Å².